The molecule has 1 aromatic carbocycles. The van der Waals surface area contributed by atoms with Gasteiger partial charge in [0.05, 0.1) is 5.56 Å². The molecule has 78 valence electrons. The van der Waals surface area contributed by atoms with E-state index < -0.39 is 34.7 Å². The third-order valence-electron chi connectivity index (χ3n) is 1.59. The SMILES string of the molecule is CC(O)(F)c1cc(F)c(F)c(F)c1F. The first-order chi connectivity index (χ1) is 6.25. The predicted octanol–water partition coefficient (Wildman–Crippen LogP) is 2.38. The fraction of sp³-hybridized carbons (Fsp3) is 0.250. The molecule has 6 heteroatoms. The maximum Gasteiger partial charge on any atom is 0.233 e. The van der Waals surface area contributed by atoms with Crippen molar-refractivity contribution in [3.8, 4) is 0 Å². The van der Waals surface area contributed by atoms with Gasteiger partial charge in [0, 0.05) is 0 Å². The molecule has 0 amide bonds. The molecule has 0 aromatic heterocycles. The molecular weight excluding hydrogens is 207 g/mol. The van der Waals surface area contributed by atoms with Gasteiger partial charge in [0.1, 0.15) is 0 Å². The Labute approximate surface area is 75.8 Å². The average Bonchev–Trinajstić information content (AvgIpc) is 2.06. The standard InChI is InChI=1S/C8H5F5O/c1-8(13,14)3-2-4(9)6(11)7(12)5(3)10/h2,14H,1H3. The molecule has 0 aliphatic rings. The number of hydrogen-bond acceptors (Lipinski definition) is 1. The molecule has 0 saturated heterocycles. The molecule has 1 atom stereocenters. The molecule has 0 heterocycles. The second-order valence-electron chi connectivity index (χ2n) is 2.80. The van der Waals surface area contributed by atoms with Crippen LogP contribution in [0, 0.1) is 23.3 Å². The summed E-state index contributed by atoms with van der Waals surface area (Å²) in [6.07, 6.45) is 0. The molecule has 0 fully saturated rings. The molecule has 0 aliphatic carbocycles. The summed E-state index contributed by atoms with van der Waals surface area (Å²) in [7, 11) is 0. The predicted molar refractivity (Wildman–Crippen MR) is 37.0 cm³/mol. The van der Waals surface area contributed by atoms with E-state index in [9.17, 15) is 22.0 Å². The fourth-order valence-electron chi connectivity index (χ4n) is 0.905. The van der Waals surface area contributed by atoms with Crippen LogP contribution in [-0.4, -0.2) is 5.11 Å². The van der Waals surface area contributed by atoms with Gasteiger partial charge in [-0.2, -0.15) is 0 Å². The summed E-state index contributed by atoms with van der Waals surface area (Å²) in [5, 5.41) is 8.65. The van der Waals surface area contributed by atoms with Crippen molar-refractivity contribution >= 4 is 0 Å². The van der Waals surface area contributed by atoms with Crippen LogP contribution in [0.15, 0.2) is 6.07 Å². The third-order valence-corrected chi connectivity index (χ3v) is 1.59. The minimum atomic E-state index is -3.26. The van der Waals surface area contributed by atoms with Gasteiger partial charge in [0.2, 0.25) is 5.85 Å². The van der Waals surface area contributed by atoms with E-state index in [0.717, 1.165) is 0 Å². The molecule has 1 nitrogen and oxygen atoms in total. The van der Waals surface area contributed by atoms with Gasteiger partial charge < -0.3 is 5.11 Å². The van der Waals surface area contributed by atoms with Crippen molar-refractivity contribution in [1.82, 2.24) is 0 Å². The molecule has 0 radical (unpaired) electrons. The summed E-state index contributed by atoms with van der Waals surface area (Å²) in [6, 6.07) is 0.0632. The van der Waals surface area contributed by atoms with Crippen molar-refractivity contribution in [2.24, 2.45) is 0 Å². The Balaban J connectivity index is 3.49. The van der Waals surface area contributed by atoms with E-state index >= 15 is 0 Å². The normalized spacial score (nSPS) is 15.4. The van der Waals surface area contributed by atoms with Crippen LogP contribution in [0.2, 0.25) is 0 Å². The van der Waals surface area contributed by atoms with Crippen molar-refractivity contribution in [3.05, 3.63) is 34.9 Å². The van der Waals surface area contributed by atoms with Crippen LogP contribution in [0.3, 0.4) is 0 Å². The highest BCUT2D eigenvalue weighted by atomic mass is 19.2. The van der Waals surface area contributed by atoms with Gasteiger partial charge in [0.15, 0.2) is 23.3 Å². The Hall–Kier alpha value is -1.17. The molecule has 1 N–H and O–H groups in total. The topological polar surface area (TPSA) is 20.2 Å². The van der Waals surface area contributed by atoms with E-state index in [-0.39, 0.29) is 6.07 Å². The van der Waals surface area contributed by atoms with Crippen molar-refractivity contribution in [2.45, 2.75) is 12.8 Å². The average molecular weight is 212 g/mol. The Bertz CT molecular complexity index is 369. The number of alkyl halides is 1. The highest BCUT2D eigenvalue weighted by Crippen LogP contribution is 2.28. The Morgan fingerprint density at radius 1 is 1.07 bits per heavy atom. The summed E-state index contributed by atoms with van der Waals surface area (Å²) in [6.45, 7) is 0.474. The van der Waals surface area contributed by atoms with Gasteiger partial charge in [-0.05, 0) is 13.0 Å². The number of benzene rings is 1. The van der Waals surface area contributed by atoms with E-state index in [2.05, 4.69) is 0 Å². The highest BCUT2D eigenvalue weighted by molar-refractivity contribution is 5.25. The first-order valence-corrected chi connectivity index (χ1v) is 3.50. The van der Waals surface area contributed by atoms with Crippen LogP contribution >= 0.6 is 0 Å². The molecule has 1 unspecified atom stereocenters. The molecule has 14 heavy (non-hydrogen) atoms. The van der Waals surface area contributed by atoms with Crippen LogP contribution < -0.4 is 0 Å². The lowest BCUT2D eigenvalue weighted by Gasteiger charge is -2.14. The smallest absolute Gasteiger partial charge is 0.233 e. The second kappa shape index (κ2) is 3.20. The Morgan fingerprint density at radius 2 is 1.57 bits per heavy atom. The van der Waals surface area contributed by atoms with Crippen LogP contribution in [-0.2, 0) is 5.85 Å². The van der Waals surface area contributed by atoms with Crippen molar-refractivity contribution in [1.29, 1.82) is 0 Å². The summed E-state index contributed by atoms with van der Waals surface area (Å²) in [4.78, 5) is 0. The van der Waals surface area contributed by atoms with E-state index in [1.807, 2.05) is 0 Å². The molecule has 0 spiro atoms. The Morgan fingerprint density at radius 3 is 2.00 bits per heavy atom. The van der Waals surface area contributed by atoms with E-state index in [4.69, 9.17) is 5.11 Å². The number of halogens is 5. The molecule has 0 saturated carbocycles. The van der Waals surface area contributed by atoms with Gasteiger partial charge in [-0.15, -0.1) is 0 Å². The molecular formula is C8H5F5O. The fourth-order valence-corrected chi connectivity index (χ4v) is 0.905. The number of rotatable bonds is 1. The van der Waals surface area contributed by atoms with Crippen LogP contribution in [0.5, 0.6) is 0 Å². The van der Waals surface area contributed by atoms with E-state index in [1.165, 1.54) is 0 Å². The van der Waals surface area contributed by atoms with Gasteiger partial charge >= 0.3 is 0 Å². The molecule has 1 rings (SSSR count). The van der Waals surface area contributed by atoms with Crippen LogP contribution in [0.1, 0.15) is 12.5 Å². The van der Waals surface area contributed by atoms with Gasteiger partial charge in [0.25, 0.3) is 0 Å². The quantitative estimate of drug-likeness (QED) is 0.430. The zero-order valence-corrected chi connectivity index (χ0v) is 6.91. The largest absolute Gasteiger partial charge is 0.358 e. The Kier molecular flexibility index (Phi) is 2.49. The molecule has 1 aromatic rings. The van der Waals surface area contributed by atoms with Crippen LogP contribution in [0.25, 0.3) is 0 Å². The lowest BCUT2D eigenvalue weighted by molar-refractivity contribution is -0.0803. The first kappa shape index (κ1) is 10.9. The minimum Gasteiger partial charge on any atom is -0.358 e. The summed E-state index contributed by atoms with van der Waals surface area (Å²) < 4.78 is 62.9. The second-order valence-corrected chi connectivity index (χ2v) is 2.80. The van der Waals surface area contributed by atoms with Gasteiger partial charge in [-0.25, -0.2) is 22.0 Å². The zero-order valence-electron chi connectivity index (χ0n) is 6.91. The van der Waals surface area contributed by atoms with E-state index in [0.29, 0.717) is 6.92 Å². The first-order valence-electron chi connectivity index (χ1n) is 3.50. The van der Waals surface area contributed by atoms with Crippen molar-refractivity contribution in [3.63, 3.8) is 0 Å². The molecule has 0 aliphatic heterocycles. The monoisotopic (exact) mass is 212 g/mol. The minimum absolute atomic E-state index is 0.0632. The van der Waals surface area contributed by atoms with Crippen molar-refractivity contribution in [2.75, 3.05) is 0 Å². The number of aliphatic hydroxyl groups is 1. The third kappa shape index (κ3) is 1.70. The lowest BCUT2D eigenvalue weighted by atomic mass is 10.1. The van der Waals surface area contributed by atoms with Crippen LogP contribution in [0.4, 0.5) is 22.0 Å². The lowest BCUT2D eigenvalue weighted by Crippen LogP contribution is -2.18. The van der Waals surface area contributed by atoms with Crippen molar-refractivity contribution < 1.29 is 27.1 Å². The van der Waals surface area contributed by atoms with E-state index in [1.54, 1.807) is 0 Å². The maximum atomic E-state index is 12.8. The summed E-state index contributed by atoms with van der Waals surface area (Å²) >= 11 is 0. The van der Waals surface area contributed by atoms with Gasteiger partial charge in [-0.3, -0.25) is 0 Å². The summed E-state index contributed by atoms with van der Waals surface area (Å²) in [5.41, 5.74) is -1.28. The summed E-state index contributed by atoms with van der Waals surface area (Å²) in [5.74, 6) is -11.2. The molecule has 0 bridgehead atoms. The van der Waals surface area contributed by atoms with Gasteiger partial charge in [-0.1, -0.05) is 0 Å². The number of hydrogen-bond donors (Lipinski definition) is 1. The zero-order chi connectivity index (χ0) is 11.1. The maximum absolute atomic E-state index is 12.8. The highest BCUT2D eigenvalue weighted by Gasteiger charge is 2.31.